The van der Waals surface area contributed by atoms with Crippen molar-refractivity contribution < 1.29 is 14.3 Å². The van der Waals surface area contributed by atoms with Gasteiger partial charge in [-0.3, -0.25) is 4.79 Å². The average molecular weight is 408 g/mol. The fourth-order valence-corrected chi connectivity index (χ4v) is 3.18. The minimum atomic E-state index is -0.690. The van der Waals surface area contributed by atoms with Crippen molar-refractivity contribution in [2.24, 2.45) is 0 Å². The van der Waals surface area contributed by atoms with Crippen molar-refractivity contribution in [2.75, 3.05) is 0 Å². The summed E-state index contributed by atoms with van der Waals surface area (Å²) in [5.41, 5.74) is 1.83. The lowest BCUT2D eigenvalue weighted by Crippen LogP contribution is -2.42. The molecule has 1 amide bonds. The summed E-state index contributed by atoms with van der Waals surface area (Å²) in [7, 11) is 0. The second kappa shape index (κ2) is 7.09. The summed E-state index contributed by atoms with van der Waals surface area (Å²) in [6.07, 6.45) is 1.41. The van der Waals surface area contributed by atoms with Crippen molar-refractivity contribution in [2.45, 2.75) is 45.9 Å². The number of esters is 1. The summed E-state index contributed by atoms with van der Waals surface area (Å²) < 4.78 is 5.40. The topological polar surface area (TPSA) is 72.4 Å². The van der Waals surface area contributed by atoms with Crippen LogP contribution in [0.25, 0.3) is 11.3 Å². The number of ether oxygens (including phenoxy) is 1. The lowest BCUT2D eigenvalue weighted by molar-refractivity contribution is -0.159. The van der Waals surface area contributed by atoms with Crippen molar-refractivity contribution in [1.29, 1.82) is 0 Å². The fourth-order valence-electron chi connectivity index (χ4n) is 2.85. The third kappa shape index (κ3) is 4.06. The van der Waals surface area contributed by atoms with E-state index in [0.29, 0.717) is 28.4 Å². The zero-order valence-electron chi connectivity index (χ0n) is 15.4. The van der Waals surface area contributed by atoms with Gasteiger partial charge in [0.25, 0.3) is 5.91 Å². The van der Waals surface area contributed by atoms with E-state index in [1.807, 2.05) is 12.1 Å². The smallest absolute Gasteiger partial charge is 0.329 e. The molecule has 0 saturated carbocycles. The van der Waals surface area contributed by atoms with E-state index in [1.54, 1.807) is 33.8 Å². The summed E-state index contributed by atoms with van der Waals surface area (Å²) in [5.74, 6) is -0.670. The summed E-state index contributed by atoms with van der Waals surface area (Å²) in [5, 5.41) is 0.408. The van der Waals surface area contributed by atoms with Gasteiger partial charge in [-0.05, 0) is 50.9 Å². The van der Waals surface area contributed by atoms with Crippen molar-refractivity contribution in [3.05, 3.63) is 45.8 Å². The minimum Gasteiger partial charge on any atom is -0.458 e. The van der Waals surface area contributed by atoms with Crippen LogP contribution in [0.5, 0.6) is 0 Å². The zero-order chi connectivity index (χ0) is 19.9. The Kier molecular flexibility index (Phi) is 5.14. The summed E-state index contributed by atoms with van der Waals surface area (Å²) in [6, 6.07) is 4.67. The van der Waals surface area contributed by atoms with Gasteiger partial charge in [-0.1, -0.05) is 23.7 Å². The maximum atomic E-state index is 12.9. The van der Waals surface area contributed by atoms with E-state index in [4.69, 9.17) is 27.9 Å². The maximum absolute atomic E-state index is 12.9. The third-order valence-electron chi connectivity index (χ3n) is 4.15. The molecule has 27 heavy (non-hydrogen) atoms. The first-order valence-corrected chi connectivity index (χ1v) is 9.17. The van der Waals surface area contributed by atoms with Gasteiger partial charge in [0.05, 0.1) is 16.9 Å². The molecule has 2 aromatic rings. The number of rotatable bonds is 3. The quantitative estimate of drug-likeness (QED) is 0.564. The molecule has 0 fully saturated rings. The average Bonchev–Trinajstić information content (AvgIpc) is 2.91. The summed E-state index contributed by atoms with van der Waals surface area (Å²) in [6.45, 7) is 7.38. The molecule has 3 rings (SSSR count). The Morgan fingerprint density at radius 3 is 2.67 bits per heavy atom. The maximum Gasteiger partial charge on any atom is 0.329 e. The number of carbonyl (C=O) groups excluding carboxylic acids is 2. The highest BCUT2D eigenvalue weighted by Gasteiger charge is 2.36. The molecule has 0 aliphatic carbocycles. The molecule has 2 heterocycles. The predicted octanol–water partition coefficient (Wildman–Crippen LogP) is 4.14. The van der Waals surface area contributed by atoms with Crippen molar-refractivity contribution in [3.63, 3.8) is 0 Å². The second-order valence-electron chi connectivity index (χ2n) is 7.35. The molecular formula is C19H19Cl2N3O3. The van der Waals surface area contributed by atoms with E-state index >= 15 is 0 Å². The number of halogens is 2. The molecule has 1 aliphatic rings. The van der Waals surface area contributed by atoms with Crippen LogP contribution in [0, 0.1) is 0 Å². The SMILES string of the molecule is C[C@H](C(=O)OC(C)(C)C)N1Cc2ccc(-c3nc(Cl)ncc3Cl)cc2C1=O. The van der Waals surface area contributed by atoms with Crippen LogP contribution in [0.4, 0.5) is 0 Å². The van der Waals surface area contributed by atoms with Crippen LogP contribution in [0.2, 0.25) is 10.3 Å². The first-order chi connectivity index (χ1) is 12.6. The molecule has 0 unspecified atom stereocenters. The largest absolute Gasteiger partial charge is 0.458 e. The van der Waals surface area contributed by atoms with Crippen molar-refractivity contribution in [3.8, 4) is 11.3 Å². The van der Waals surface area contributed by atoms with E-state index in [0.717, 1.165) is 5.56 Å². The molecule has 1 atom stereocenters. The van der Waals surface area contributed by atoms with Gasteiger partial charge in [0.2, 0.25) is 5.28 Å². The lowest BCUT2D eigenvalue weighted by atomic mass is 10.0. The Bertz CT molecular complexity index is 925. The van der Waals surface area contributed by atoms with Gasteiger partial charge in [-0.2, -0.15) is 0 Å². The van der Waals surface area contributed by atoms with Gasteiger partial charge in [0.15, 0.2) is 0 Å². The fraction of sp³-hybridized carbons (Fsp3) is 0.368. The minimum absolute atomic E-state index is 0.0707. The number of carbonyl (C=O) groups is 2. The Balaban J connectivity index is 1.88. The summed E-state index contributed by atoms with van der Waals surface area (Å²) >= 11 is 12.0. The second-order valence-corrected chi connectivity index (χ2v) is 8.10. The van der Waals surface area contributed by atoms with E-state index in [-0.39, 0.29) is 11.2 Å². The highest BCUT2D eigenvalue weighted by molar-refractivity contribution is 6.33. The number of fused-ring (bicyclic) bond motifs is 1. The number of nitrogens with zero attached hydrogens (tertiary/aromatic N) is 3. The number of aromatic nitrogens is 2. The molecule has 0 spiro atoms. The first-order valence-electron chi connectivity index (χ1n) is 8.42. The number of hydrogen-bond acceptors (Lipinski definition) is 5. The third-order valence-corrected chi connectivity index (χ3v) is 4.60. The van der Waals surface area contributed by atoms with Gasteiger partial charge in [-0.15, -0.1) is 0 Å². The lowest BCUT2D eigenvalue weighted by Gasteiger charge is -2.27. The van der Waals surface area contributed by atoms with Gasteiger partial charge >= 0.3 is 5.97 Å². The first kappa shape index (κ1) is 19.6. The molecule has 0 radical (unpaired) electrons. The standard InChI is InChI=1S/C19H19Cl2N3O3/c1-10(17(26)27-19(2,3)4)24-9-12-6-5-11(7-13(12)16(24)25)15-14(20)8-22-18(21)23-15/h5-8,10H,9H2,1-4H3/t10-/m1/s1. The van der Waals surface area contributed by atoms with E-state index < -0.39 is 17.6 Å². The van der Waals surface area contributed by atoms with Crippen LogP contribution in [0.1, 0.15) is 43.6 Å². The van der Waals surface area contributed by atoms with Crippen LogP contribution in [-0.4, -0.2) is 38.4 Å². The molecule has 1 aliphatic heterocycles. The van der Waals surface area contributed by atoms with Gasteiger partial charge in [-0.25, -0.2) is 14.8 Å². The van der Waals surface area contributed by atoms with Crippen LogP contribution >= 0.6 is 23.2 Å². The predicted molar refractivity (Wildman–Crippen MR) is 103 cm³/mol. The molecule has 142 valence electrons. The molecule has 8 heteroatoms. The van der Waals surface area contributed by atoms with E-state index in [1.165, 1.54) is 11.1 Å². The van der Waals surface area contributed by atoms with Crippen LogP contribution < -0.4 is 0 Å². The molecular weight excluding hydrogens is 389 g/mol. The monoisotopic (exact) mass is 407 g/mol. The van der Waals surface area contributed by atoms with Crippen molar-refractivity contribution >= 4 is 35.1 Å². The van der Waals surface area contributed by atoms with E-state index in [2.05, 4.69) is 9.97 Å². The Morgan fingerprint density at radius 1 is 1.30 bits per heavy atom. The molecule has 6 nitrogen and oxygen atoms in total. The molecule has 0 N–H and O–H groups in total. The van der Waals surface area contributed by atoms with Crippen LogP contribution in [-0.2, 0) is 16.1 Å². The Hall–Kier alpha value is -2.18. The molecule has 1 aromatic carbocycles. The molecule has 0 saturated heterocycles. The Labute approximate surface area is 167 Å². The Morgan fingerprint density at radius 2 is 2.00 bits per heavy atom. The molecule has 0 bridgehead atoms. The molecule has 1 aromatic heterocycles. The van der Waals surface area contributed by atoms with Crippen molar-refractivity contribution in [1.82, 2.24) is 14.9 Å². The van der Waals surface area contributed by atoms with Gasteiger partial charge < -0.3 is 9.64 Å². The van der Waals surface area contributed by atoms with E-state index in [9.17, 15) is 9.59 Å². The van der Waals surface area contributed by atoms with Crippen LogP contribution in [0.15, 0.2) is 24.4 Å². The number of amides is 1. The normalized spacial score (nSPS) is 14.9. The van der Waals surface area contributed by atoms with Gasteiger partial charge in [0, 0.05) is 17.7 Å². The van der Waals surface area contributed by atoms with Gasteiger partial charge in [0.1, 0.15) is 11.6 Å². The van der Waals surface area contributed by atoms with Crippen LogP contribution in [0.3, 0.4) is 0 Å². The number of benzene rings is 1. The zero-order valence-corrected chi connectivity index (χ0v) is 16.9. The highest BCUT2D eigenvalue weighted by Crippen LogP contribution is 2.32. The highest BCUT2D eigenvalue weighted by atomic mass is 35.5. The number of hydrogen-bond donors (Lipinski definition) is 0. The summed E-state index contributed by atoms with van der Waals surface area (Å²) in [4.78, 5) is 34.7.